The minimum Gasteiger partial charge on any atom is -0.466 e. The van der Waals surface area contributed by atoms with Gasteiger partial charge in [-0.2, -0.15) is 0 Å². The maximum absolute atomic E-state index is 12.5. The molecule has 0 aromatic rings. The molecule has 76 heavy (non-hydrogen) atoms. The Kier molecular flexibility index (Phi) is 63.0. The van der Waals surface area contributed by atoms with E-state index in [1.807, 2.05) is 6.08 Å². The van der Waals surface area contributed by atoms with Gasteiger partial charge in [0, 0.05) is 12.8 Å². The molecule has 0 radical (unpaired) electrons. The largest absolute Gasteiger partial charge is 0.466 e. The van der Waals surface area contributed by atoms with Gasteiger partial charge in [-0.25, -0.2) is 0 Å². The number of aliphatic hydroxyl groups excluding tert-OH is 2. The molecule has 0 heterocycles. The summed E-state index contributed by atoms with van der Waals surface area (Å²) in [6.45, 7) is 4.84. The summed E-state index contributed by atoms with van der Waals surface area (Å²) >= 11 is 0. The van der Waals surface area contributed by atoms with E-state index in [1.54, 1.807) is 6.08 Å². The number of carbonyl (C=O) groups excluding carboxylic acids is 2. The minimum absolute atomic E-state index is 0.00194. The maximum Gasteiger partial charge on any atom is 0.305 e. The first-order chi connectivity index (χ1) is 37.5. The van der Waals surface area contributed by atoms with Crippen LogP contribution >= 0.6 is 0 Å². The van der Waals surface area contributed by atoms with Crippen molar-refractivity contribution in [2.45, 2.75) is 360 Å². The Balaban J connectivity index is 3.40. The van der Waals surface area contributed by atoms with E-state index in [1.165, 1.54) is 263 Å². The van der Waals surface area contributed by atoms with Crippen LogP contribution in [0.3, 0.4) is 0 Å². The summed E-state index contributed by atoms with van der Waals surface area (Å²) in [6, 6.07) is -0.626. The van der Waals surface area contributed by atoms with Crippen molar-refractivity contribution < 1.29 is 24.5 Å². The Bertz CT molecular complexity index is 1320. The molecule has 0 aromatic carbocycles. The first-order valence-electron chi connectivity index (χ1n) is 33.6. The van der Waals surface area contributed by atoms with Gasteiger partial charge in [0.2, 0.25) is 5.91 Å². The fourth-order valence-corrected chi connectivity index (χ4v) is 10.1. The third-order valence-corrected chi connectivity index (χ3v) is 15.2. The zero-order valence-corrected chi connectivity index (χ0v) is 50.7. The lowest BCUT2D eigenvalue weighted by atomic mass is 10.0. The fraction of sp³-hybridized carbons (Fsp3) is 0.829. The van der Waals surface area contributed by atoms with Crippen LogP contribution < -0.4 is 5.32 Å². The summed E-state index contributed by atoms with van der Waals surface area (Å²) < 4.78 is 5.47. The van der Waals surface area contributed by atoms with Crippen LogP contribution in [0.1, 0.15) is 348 Å². The van der Waals surface area contributed by atoms with Crippen LogP contribution in [-0.4, -0.2) is 47.4 Å². The van der Waals surface area contributed by atoms with Gasteiger partial charge in [0.15, 0.2) is 0 Å². The molecule has 0 spiro atoms. The van der Waals surface area contributed by atoms with Gasteiger partial charge in [-0.05, 0) is 89.9 Å². The molecule has 2 unspecified atom stereocenters. The molecule has 0 saturated heterocycles. The normalized spacial score (nSPS) is 12.9. The summed E-state index contributed by atoms with van der Waals surface area (Å²) in [4.78, 5) is 24.5. The van der Waals surface area contributed by atoms with Crippen LogP contribution in [0.25, 0.3) is 0 Å². The van der Waals surface area contributed by atoms with E-state index in [4.69, 9.17) is 4.74 Å². The van der Waals surface area contributed by atoms with Gasteiger partial charge in [0.05, 0.1) is 25.4 Å². The predicted octanol–water partition coefficient (Wildman–Crippen LogP) is 21.5. The summed E-state index contributed by atoms with van der Waals surface area (Å²) in [5.74, 6) is -0.0678. The van der Waals surface area contributed by atoms with Crippen LogP contribution in [0.4, 0.5) is 0 Å². The zero-order chi connectivity index (χ0) is 55.0. The third-order valence-electron chi connectivity index (χ3n) is 15.2. The first-order valence-corrected chi connectivity index (χ1v) is 33.6. The van der Waals surface area contributed by atoms with Crippen LogP contribution in [-0.2, 0) is 14.3 Å². The molecule has 0 saturated carbocycles. The molecule has 1 amide bonds. The second-order valence-electron chi connectivity index (χ2n) is 22.8. The summed E-state index contributed by atoms with van der Waals surface area (Å²) in [7, 11) is 0. The zero-order valence-electron chi connectivity index (χ0n) is 50.7. The van der Waals surface area contributed by atoms with Crippen molar-refractivity contribution in [3.8, 4) is 0 Å². The Morgan fingerprint density at radius 3 is 1.05 bits per heavy atom. The van der Waals surface area contributed by atoms with Gasteiger partial charge >= 0.3 is 5.97 Å². The third kappa shape index (κ3) is 60.8. The van der Waals surface area contributed by atoms with Gasteiger partial charge in [-0.15, -0.1) is 0 Å². The fourth-order valence-electron chi connectivity index (χ4n) is 10.1. The van der Waals surface area contributed by atoms with Crippen molar-refractivity contribution in [3.05, 3.63) is 60.8 Å². The number of nitrogens with one attached hydrogen (secondary N) is 1. The van der Waals surface area contributed by atoms with Crippen molar-refractivity contribution in [1.82, 2.24) is 5.32 Å². The van der Waals surface area contributed by atoms with Crippen molar-refractivity contribution in [3.63, 3.8) is 0 Å². The van der Waals surface area contributed by atoms with E-state index in [-0.39, 0.29) is 18.5 Å². The number of rotatable bonds is 62. The van der Waals surface area contributed by atoms with Gasteiger partial charge in [-0.3, -0.25) is 9.59 Å². The monoisotopic (exact) mass is 1060 g/mol. The van der Waals surface area contributed by atoms with E-state index >= 15 is 0 Å². The number of aliphatic hydroxyl groups is 2. The lowest BCUT2D eigenvalue weighted by molar-refractivity contribution is -0.143. The average molecular weight is 1060 g/mol. The molecular formula is C70H129NO5. The number of unbranched alkanes of at least 4 members (excludes halogenated alkanes) is 43. The lowest BCUT2D eigenvalue weighted by Gasteiger charge is -2.20. The summed E-state index contributed by atoms with van der Waals surface area (Å²) in [5.41, 5.74) is 0. The van der Waals surface area contributed by atoms with Crippen molar-refractivity contribution >= 4 is 11.9 Å². The van der Waals surface area contributed by atoms with E-state index in [0.717, 1.165) is 57.8 Å². The molecular weight excluding hydrogens is 935 g/mol. The van der Waals surface area contributed by atoms with E-state index < -0.39 is 12.1 Å². The molecule has 0 fully saturated rings. The molecule has 0 aliphatic heterocycles. The predicted molar refractivity (Wildman–Crippen MR) is 333 cm³/mol. The van der Waals surface area contributed by atoms with E-state index in [9.17, 15) is 19.8 Å². The molecule has 0 bridgehead atoms. The molecule has 444 valence electrons. The molecule has 0 aliphatic rings. The van der Waals surface area contributed by atoms with Gasteiger partial charge in [0.1, 0.15) is 0 Å². The highest BCUT2D eigenvalue weighted by molar-refractivity contribution is 5.76. The van der Waals surface area contributed by atoms with Crippen LogP contribution in [0.15, 0.2) is 60.8 Å². The SMILES string of the molecule is CCC/C=C\C/C=C\CCCCCCCC(=O)OCCCCCCCCCCC/C=C\C/C=C\CCCCCCCCCCCCCCCCCCCC(=O)NC(CO)C(O)/C=C/CCCCCCCCCCCCC. The second kappa shape index (κ2) is 65.1. The van der Waals surface area contributed by atoms with E-state index in [0.29, 0.717) is 19.4 Å². The van der Waals surface area contributed by atoms with Gasteiger partial charge in [0.25, 0.3) is 0 Å². The molecule has 6 heteroatoms. The molecule has 3 N–H and O–H groups in total. The second-order valence-corrected chi connectivity index (χ2v) is 22.8. The topological polar surface area (TPSA) is 95.9 Å². The number of carbonyl (C=O) groups is 2. The average Bonchev–Trinajstić information content (AvgIpc) is 3.42. The van der Waals surface area contributed by atoms with Crippen molar-refractivity contribution in [1.29, 1.82) is 0 Å². The van der Waals surface area contributed by atoms with Crippen molar-refractivity contribution in [2.75, 3.05) is 13.2 Å². The molecule has 6 nitrogen and oxygen atoms in total. The molecule has 2 atom stereocenters. The quantitative estimate of drug-likeness (QED) is 0.0320. The highest BCUT2D eigenvalue weighted by Crippen LogP contribution is 2.17. The van der Waals surface area contributed by atoms with Crippen molar-refractivity contribution in [2.24, 2.45) is 0 Å². The van der Waals surface area contributed by atoms with Crippen LogP contribution in [0.5, 0.6) is 0 Å². The molecule has 0 aromatic heterocycles. The number of hydrogen-bond acceptors (Lipinski definition) is 5. The standard InChI is InChI=1S/C70H129NO5/c1-3-5-7-9-11-13-15-38-42-46-50-54-58-62-68(73)67(66-72)71-69(74)63-59-55-51-47-43-40-36-34-32-30-28-26-24-22-20-18-17-19-21-23-25-27-29-31-33-35-37-41-45-49-53-57-61-65-76-70(75)64-60-56-52-48-44-39-16-14-12-10-8-6-4-2/h8,10,14,16,21,23,27,29,58,62,67-68,72-73H,3-7,9,11-13,15,17-20,22,24-26,28,30-57,59-61,63-66H2,1-2H3,(H,71,74)/b10-8-,16-14-,23-21-,29-27-,62-58+. The maximum atomic E-state index is 12.5. The van der Waals surface area contributed by atoms with Crippen LogP contribution in [0.2, 0.25) is 0 Å². The number of ether oxygens (including phenoxy) is 1. The lowest BCUT2D eigenvalue weighted by Crippen LogP contribution is -2.45. The number of hydrogen-bond donors (Lipinski definition) is 3. The van der Waals surface area contributed by atoms with Gasteiger partial charge in [-0.1, -0.05) is 306 Å². The first kappa shape index (κ1) is 73.6. The number of esters is 1. The minimum atomic E-state index is -0.843. The Hall–Kier alpha value is -2.44. The van der Waals surface area contributed by atoms with Gasteiger partial charge < -0.3 is 20.3 Å². The molecule has 0 aliphatic carbocycles. The summed E-state index contributed by atoms with van der Waals surface area (Å²) in [6.07, 6.45) is 85.8. The number of allylic oxidation sites excluding steroid dienone is 9. The van der Waals surface area contributed by atoms with E-state index in [2.05, 4.69) is 67.8 Å². The number of amides is 1. The summed E-state index contributed by atoms with van der Waals surface area (Å²) in [5, 5.41) is 23.1. The highest BCUT2D eigenvalue weighted by Gasteiger charge is 2.18. The highest BCUT2D eigenvalue weighted by atomic mass is 16.5. The Labute approximate surface area is 473 Å². The van der Waals surface area contributed by atoms with Crippen LogP contribution in [0, 0.1) is 0 Å². The Morgan fingerprint density at radius 1 is 0.368 bits per heavy atom. The Morgan fingerprint density at radius 2 is 0.684 bits per heavy atom. The molecule has 0 rings (SSSR count). The smallest absolute Gasteiger partial charge is 0.305 e.